The van der Waals surface area contributed by atoms with Crippen LogP contribution in [0.25, 0.3) is 0 Å². The average molecular weight is 387 g/mol. The van der Waals surface area contributed by atoms with Crippen LogP contribution in [0.1, 0.15) is 49.9 Å². The molecular formula is C20H25N3O5. The van der Waals surface area contributed by atoms with Crippen molar-refractivity contribution < 1.29 is 24.2 Å². The lowest BCUT2D eigenvalue weighted by Crippen LogP contribution is -2.35. The second-order valence-electron chi connectivity index (χ2n) is 7.38. The van der Waals surface area contributed by atoms with Crippen LogP contribution < -0.4 is 14.8 Å². The third-order valence-corrected chi connectivity index (χ3v) is 4.96. The number of benzene rings is 1. The van der Waals surface area contributed by atoms with Crippen molar-refractivity contribution in [2.45, 2.75) is 51.2 Å². The molecular weight excluding hydrogens is 362 g/mol. The molecule has 0 spiro atoms. The molecule has 1 aromatic carbocycles. The van der Waals surface area contributed by atoms with Gasteiger partial charge in [-0.05, 0) is 57.7 Å². The summed E-state index contributed by atoms with van der Waals surface area (Å²) in [7, 11) is 1.54. The number of aliphatic carboxylic acids is 1. The number of rotatable bonds is 7. The molecule has 0 bridgehead atoms. The highest BCUT2D eigenvalue weighted by Crippen LogP contribution is 2.32. The minimum atomic E-state index is -1.22. The minimum Gasteiger partial charge on any atom is -0.493 e. The first-order chi connectivity index (χ1) is 13.3. The summed E-state index contributed by atoms with van der Waals surface area (Å²) in [6.07, 6.45) is 7.49. The lowest BCUT2D eigenvalue weighted by Gasteiger charge is -2.19. The number of carboxylic acids is 1. The van der Waals surface area contributed by atoms with Gasteiger partial charge >= 0.3 is 5.97 Å². The Morgan fingerprint density at radius 1 is 1.25 bits per heavy atom. The normalized spacial score (nSPS) is 14.7. The average Bonchev–Trinajstić information content (AvgIpc) is 3.34. The molecule has 1 saturated carbocycles. The summed E-state index contributed by atoms with van der Waals surface area (Å²) >= 11 is 0. The maximum atomic E-state index is 12.6. The number of hydrogen-bond acceptors (Lipinski definition) is 5. The predicted octanol–water partition coefficient (Wildman–Crippen LogP) is 3.29. The Hall–Kier alpha value is -3.03. The summed E-state index contributed by atoms with van der Waals surface area (Å²) in [6, 6.07) is 5.04. The van der Waals surface area contributed by atoms with Gasteiger partial charge in [0.25, 0.3) is 5.91 Å². The summed E-state index contributed by atoms with van der Waals surface area (Å²) in [5, 5.41) is 16.0. The highest BCUT2D eigenvalue weighted by atomic mass is 16.5. The molecule has 8 heteroatoms. The summed E-state index contributed by atoms with van der Waals surface area (Å²) < 4.78 is 12.7. The van der Waals surface area contributed by atoms with Crippen molar-refractivity contribution in [3.63, 3.8) is 0 Å². The molecule has 1 heterocycles. The van der Waals surface area contributed by atoms with Crippen molar-refractivity contribution in [2.24, 2.45) is 0 Å². The standard InChI is InChI=1S/C20H25N3O5/c1-20(2,19(25)26)23-12-14(11-21-23)22-18(24)13-8-9-16(17(10-13)27-3)28-15-6-4-5-7-15/h8-12,15H,4-7H2,1-3H3,(H,22,24)(H,25,26). The molecule has 150 valence electrons. The Labute approximate surface area is 163 Å². The van der Waals surface area contributed by atoms with E-state index in [-0.39, 0.29) is 12.0 Å². The molecule has 3 rings (SSSR count). The molecule has 1 aliphatic carbocycles. The second kappa shape index (κ2) is 7.92. The number of ether oxygens (including phenoxy) is 2. The largest absolute Gasteiger partial charge is 0.493 e. The monoisotopic (exact) mass is 387 g/mol. The highest BCUT2D eigenvalue weighted by Gasteiger charge is 2.30. The molecule has 28 heavy (non-hydrogen) atoms. The van der Waals surface area contributed by atoms with Gasteiger partial charge in [0.15, 0.2) is 17.0 Å². The van der Waals surface area contributed by atoms with E-state index in [0.717, 1.165) is 12.8 Å². The van der Waals surface area contributed by atoms with Gasteiger partial charge in [0.05, 0.1) is 25.1 Å². The Bertz CT molecular complexity index is 868. The van der Waals surface area contributed by atoms with Crippen LogP contribution in [0, 0.1) is 0 Å². The van der Waals surface area contributed by atoms with Crippen LogP contribution in [-0.4, -0.2) is 40.0 Å². The predicted molar refractivity (Wildman–Crippen MR) is 103 cm³/mol. The van der Waals surface area contributed by atoms with E-state index in [1.165, 1.54) is 50.9 Å². The van der Waals surface area contributed by atoms with Crippen LogP contribution in [0.3, 0.4) is 0 Å². The van der Waals surface area contributed by atoms with Crippen molar-refractivity contribution in [3.05, 3.63) is 36.2 Å². The molecule has 1 aromatic heterocycles. The number of carbonyl (C=O) groups is 2. The van der Waals surface area contributed by atoms with E-state index in [9.17, 15) is 14.7 Å². The molecule has 0 aliphatic heterocycles. The summed E-state index contributed by atoms with van der Waals surface area (Å²) in [5.74, 6) is -0.237. The fourth-order valence-corrected chi connectivity index (χ4v) is 3.09. The first-order valence-corrected chi connectivity index (χ1v) is 9.26. The zero-order valence-electron chi connectivity index (χ0n) is 16.3. The van der Waals surface area contributed by atoms with Gasteiger partial charge in [0.2, 0.25) is 0 Å². The number of carboxylic acid groups (broad SMARTS) is 1. The molecule has 2 N–H and O–H groups in total. The van der Waals surface area contributed by atoms with E-state index in [0.29, 0.717) is 22.7 Å². The van der Waals surface area contributed by atoms with Crippen molar-refractivity contribution >= 4 is 17.6 Å². The van der Waals surface area contributed by atoms with Crippen LogP contribution >= 0.6 is 0 Å². The van der Waals surface area contributed by atoms with Crippen LogP contribution in [0.4, 0.5) is 5.69 Å². The van der Waals surface area contributed by atoms with Gasteiger partial charge < -0.3 is 19.9 Å². The molecule has 8 nitrogen and oxygen atoms in total. The number of nitrogens with zero attached hydrogens (tertiary/aromatic N) is 2. The number of nitrogens with one attached hydrogen (secondary N) is 1. The smallest absolute Gasteiger partial charge is 0.331 e. The SMILES string of the molecule is COc1cc(C(=O)Nc2cnn(C(C)(C)C(=O)O)c2)ccc1OC1CCCC1. The third-order valence-electron chi connectivity index (χ3n) is 4.96. The molecule has 1 fully saturated rings. The lowest BCUT2D eigenvalue weighted by molar-refractivity contribution is -0.146. The van der Waals surface area contributed by atoms with Crippen LogP contribution in [0.5, 0.6) is 11.5 Å². The van der Waals surface area contributed by atoms with Crippen molar-refractivity contribution in [1.29, 1.82) is 0 Å². The maximum absolute atomic E-state index is 12.6. The van der Waals surface area contributed by atoms with E-state index in [2.05, 4.69) is 10.4 Å². The van der Waals surface area contributed by atoms with E-state index >= 15 is 0 Å². The van der Waals surface area contributed by atoms with Gasteiger partial charge in [-0.1, -0.05) is 0 Å². The molecule has 0 atom stereocenters. The summed E-state index contributed by atoms with van der Waals surface area (Å²) in [5.41, 5.74) is -0.406. The molecule has 0 unspecified atom stereocenters. The first kappa shape index (κ1) is 19.7. The van der Waals surface area contributed by atoms with Gasteiger partial charge in [-0.2, -0.15) is 5.10 Å². The van der Waals surface area contributed by atoms with Crippen molar-refractivity contribution in [2.75, 3.05) is 12.4 Å². The van der Waals surface area contributed by atoms with Crippen LogP contribution in [0.15, 0.2) is 30.6 Å². The van der Waals surface area contributed by atoms with Crippen molar-refractivity contribution in [3.8, 4) is 11.5 Å². The lowest BCUT2D eigenvalue weighted by atomic mass is 10.1. The summed E-state index contributed by atoms with van der Waals surface area (Å²) in [4.78, 5) is 23.9. The highest BCUT2D eigenvalue weighted by molar-refractivity contribution is 6.04. The number of aromatic nitrogens is 2. The molecule has 1 amide bonds. The Morgan fingerprint density at radius 2 is 1.96 bits per heavy atom. The second-order valence-corrected chi connectivity index (χ2v) is 7.38. The molecule has 1 aliphatic rings. The Kier molecular flexibility index (Phi) is 5.58. The first-order valence-electron chi connectivity index (χ1n) is 9.26. The molecule has 0 saturated heterocycles. The Balaban J connectivity index is 1.72. The topological polar surface area (TPSA) is 103 Å². The third kappa shape index (κ3) is 4.11. The number of carbonyl (C=O) groups excluding carboxylic acids is 1. The van der Waals surface area contributed by atoms with Crippen LogP contribution in [-0.2, 0) is 10.3 Å². The van der Waals surface area contributed by atoms with E-state index in [1.54, 1.807) is 18.2 Å². The van der Waals surface area contributed by atoms with E-state index in [1.807, 2.05) is 0 Å². The number of methoxy groups -OCH3 is 1. The van der Waals surface area contributed by atoms with Gasteiger partial charge in [-0.15, -0.1) is 0 Å². The quantitative estimate of drug-likeness (QED) is 0.756. The fraction of sp³-hybridized carbons (Fsp3) is 0.450. The molecule has 0 radical (unpaired) electrons. The fourth-order valence-electron chi connectivity index (χ4n) is 3.09. The number of hydrogen-bond donors (Lipinski definition) is 2. The van der Waals surface area contributed by atoms with E-state index < -0.39 is 11.5 Å². The maximum Gasteiger partial charge on any atom is 0.331 e. The molecule has 2 aromatic rings. The Morgan fingerprint density at radius 3 is 2.61 bits per heavy atom. The van der Waals surface area contributed by atoms with Gasteiger partial charge in [-0.25, -0.2) is 4.79 Å². The zero-order chi connectivity index (χ0) is 20.3. The number of anilines is 1. The minimum absolute atomic E-state index is 0.192. The van der Waals surface area contributed by atoms with Crippen molar-refractivity contribution in [1.82, 2.24) is 9.78 Å². The van der Waals surface area contributed by atoms with E-state index in [4.69, 9.17) is 9.47 Å². The van der Waals surface area contributed by atoms with Gasteiger partial charge in [0.1, 0.15) is 0 Å². The van der Waals surface area contributed by atoms with Crippen LogP contribution in [0.2, 0.25) is 0 Å². The zero-order valence-corrected chi connectivity index (χ0v) is 16.3. The van der Waals surface area contributed by atoms with Gasteiger partial charge in [0, 0.05) is 11.8 Å². The number of amides is 1. The summed E-state index contributed by atoms with van der Waals surface area (Å²) in [6.45, 7) is 3.06. The van der Waals surface area contributed by atoms with Gasteiger partial charge in [-0.3, -0.25) is 9.48 Å².